The Morgan fingerprint density at radius 2 is 1.92 bits per heavy atom. The van der Waals surface area contributed by atoms with Gasteiger partial charge in [-0.2, -0.15) is 5.10 Å². The molecule has 7 nitrogen and oxygen atoms in total. The Kier molecular flexibility index (Phi) is 4.10. The van der Waals surface area contributed by atoms with Gasteiger partial charge in [0.25, 0.3) is 5.91 Å². The average molecular weight is 348 g/mol. The summed E-state index contributed by atoms with van der Waals surface area (Å²) < 4.78 is 7.11. The van der Waals surface area contributed by atoms with Gasteiger partial charge >= 0.3 is 0 Å². The summed E-state index contributed by atoms with van der Waals surface area (Å²) in [5.41, 5.74) is 2.15. The molecular formula is C19H16N4O3. The summed E-state index contributed by atoms with van der Waals surface area (Å²) in [6, 6.07) is 16.3. The van der Waals surface area contributed by atoms with E-state index < -0.39 is 0 Å². The second kappa shape index (κ2) is 6.72. The number of nitrogens with zero attached hydrogens (tertiary/aromatic N) is 3. The molecule has 0 bridgehead atoms. The van der Waals surface area contributed by atoms with Crippen LogP contribution >= 0.6 is 0 Å². The fourth-order valence-electron chi connectivity index (χ4n) is 2.79. The quantitative estimate of drug-likeness (QED) is 0.784. The first-order valence-electron chi connectivity index (χ1n) is 8.13. The average Bonchev–Trinajstić information content (AvgIpc) is 3.19. The van der Waals surface area contributed by atoms with Gasteiger partial charge in [-0.1, -0.05) is 12.1 Å². The summed E-state index contributed by atoms with van der Waals surface area (Å²) in [6.45, 7) is -0.136. The van der Waals surface area contributed by atoms with E-state index >= 15 is 0 Å². The van der Waals surface area contributed by atoms with Crippen molar-refractivity contribution in [1.82, 2.24) is 9.78 Å². The van der Waals surface area contributed by atoms with Gasteiger partial charge in [0.2, 0.25) is 5.91 Å². The van der Waals surface area contributed by atoms with Crippen molar-refractivity contribution in [3.8, 4) is 11.4 Å². The number of carbonyl (C=O) groups excluding carboxylic acids is 2. The van der Waals surface area contributed by atoms with E-state index in [1.165, 1.54) is 4.90 Å². The molecule has 0 radical (unpaired) electrons. The molecule has 0 fully saturated rings. The Hall–Kier alpha value is -3.61. The molecule has 2 amide bonds. The molecule has 130 valence electrons. The number of rotatable bonds is 4. The fraction of sp³-hybridized carbons (Fsp3) is 0.105. The Bertz CT molecular complexity index is 936. The summed E-state index contributed by atoms with van der Waals surface area (Å²) in [4.78, 5) is 26.0. The summed E-state index contributed by atoms with van der Waals surface area (Å²) in [5, 5.41) is 6.97. The first-order valence-corrected chi connectivity index (χ1v) is 8.13. The van der Waals surface area contributed by atoms with Gasteiger partial charge in [-0.25, -0.2) is 4.68 Å². The molecule has 7 heteroatoms. The van der Waals surface area contributed by atoms with Crippen molar-refractivity contribution in [2.75, 3.05) is 23.4 Å². The van der Waals surface area contributed by atoms with E-state index in [-0.39, 0.29) is 25.0 Å². The molecule has 1 aliphatic heterocycles. The first kappa shape index (κ1) is 15.9. The Balaban J connectivity index is 1.45. The maximum atomic E-state index is 12.4. The normalized spacial score (nSPS) is 13.1. The van der Waals surface area contributed by atoms with Crippen molar-refractivity contribution >= 4 is 23.2 Å². The van der Waals surface area contributed by atoms with Crippen LogP contribution in [0.2, 0.25) is 0 Å². The smallest absolute Gasteiger partial charge is 0.265 e. The van der Waals surface area contributed by atoms with Crippen LogP contribution in [0.5, 0.6) is 5.75 Å². The molecule has 4 rings (SSSR count). The van der Waals surface area contributed by atoms with E-state index in [1.807, 2.05) is 30.5 Å². The molecule has 0 atom stereocenters. The third-order valence-corrected chi connectivity index (χ3v) is 4.03. The van der Waals surface area contributed by atoms with E-state index in [0.29, 0.717) is 17.1 Å². The number of hydrogen-bond donors (Lipinski definition) is 1. The van der Waals surface area contributed by atoms with Crippen LogP contribution in [0, 0.1) is 0 Å². The number of hydrogen-bond acceptors (Lipinski definition) is 4. The van der Waals surface area contributed by atoms with Gasteiger partial charge in [0.05, 0.1) is 11.4 Å². The second-order valence-electron chi connectivity index (χ2n) is 5.78. The Morgan fingerprint density at radius 1 is 1.12 bits per heavy atom. The topological polar surface area (TPSA) is 76.5 Å². The van der Waals surface area contributed by atoms with Crippen molar-refractivity contribution in [2.24, 2.45) is 0 Å². The zero-order valence-electron chi connectivity index (χ0n) is 13.8. The third kappa shape index (κ3) is 3.14. The second-order valence-corrected chi connectivity index (χ2v) is 5.78. The first-order chi connectivity index (χ1) is 12.7. The molecule has 0 saturated heterocycles. The number of amides is 2. The van der Waals surface area contributed by atoms with Gasteiger partial charge in [0, 0.05) is 18.1 Å². The Labute approximate surface area is 149 Å². The number of aromatic nitrogens is 2. The van der Waals surface area contributed by atoms with E-state index in [1.54, 1.807) is 41.2 Å². The zero-order valence-corrected chi connectivity index (χ0v) is 13.8. The minimum atomic E-state index is -0.276. The number of ether oxygens (including phenoxy) is 1. The highest BCUT2D eigenvalue weighted by atomic mass is 16.5. The lowest BCUT2D eigenvalue weighted by molar-refractivity contribution is -0.123. The molecule has 26 heavy (non-hydrogen) atoms. The van der Waals surface area contributed by atoms with E-state index in [0.717, 1.165) is 5.69 Å². The molecule has 0 aliphatic carbocycles. The maximum absolute atomic E-state index is 12.4. The lowest BCUT2D eigenvalue weighted by Crippen LogP contribution is -2.43. The maximum Gasteiger partial charge on any atom is 0.265 e. The molecule has 0 spiro atoms. The number of benzene rings is 2. The van der Waals surface area contributed by atoms with Crippen molar-refractivity contribution in [2.45, 2.75) is 0 Å². The number of nitrogens with one attached hydrogen (secondary N) is 1. The summed E-state index contributed by atoms with van der Waals surface area (Å²) >= 11 is 0. The SMILES string of the molecule is O=C(CN1C(=O)COc2ccccc21)Nc1ccc(-n2cccn2)cc1. The van der Waals surface area contributed by atoms with Crippen LogP contribution in [0.4, 0.5) is 11.4 Å². The molecule has 0 unspecified atom stereocenters. The van der Waals surface area contributed by atoms with Crippen molar-refractivity contribution in [3.05, 3.63) is 67.0 Å². The molecule has 1 aromatic heterocycles. The molecule has 2 aromatic carbocycles. The lowest BCUT2D eigenvalue weighted by atomic mass is 10.2. The van der Waals surface area contributed by atoms with Crippen LogP contribution in [0.1, 0.15) is 0 Å². The van der Waals surface area contributed by atoms with Crippen LogP contribution < -0.4 is 15.0 Å². The van der Waals surface area contributed by atoms with Crippen LogP contribution in [0.25, 0.3) is 5.69 Å². The molecule has 0 saturated carbocycles. The molecule has 2 heterocycles. The van der Waals surface area contributed by atoms with Crippen molar-refractivity contribution in [1.29, 1.82) is 0 Å². The minimum Gasteiger partial charge on any atom is -0.482 e. The fourth-order valence-corrected chi connectivity index (χ4v) is 2.79. The number of para-hydroxylation sites is 2. The van der Waals surface area contributed by atoms with Gasteiger partial charge < -0.3 is 10.1 Å². The van der Waals surface area contributed by atoms with Gasteiger partial charge in [-0.15, -0.1) is 0 Å². The van der Waals surface area contributed by atoms with E-state index in [9.17, 15) is 9.59 Å². The molecule has 3 aromatic rings. The summed E-state index contributed by atoms with van der Waals surface area (Å²) in [6.07, 6.45) is 3.54. The predicted octanol–water partition coefficient (Wildman–Crippen LogP) is 2.24. The van der Waals surface area contributed by atoms with Crippen LogP contribution in [0.3, 0.4) is 0 Å². The van der Waals surface area contributed by atoms with E-state index in [2.05, 4.69) is 10.4 Å². The number of carbonyl (C=O) groups is 2. The summed E-state index contributed by atoms with van der Waals surface area (Å²) in [7, 11) is 0. The molecule has 1 aliphatic rings. The molecular weight excluding hydrogens is 332 g/mol. The van der Waals surface area contributed by atoms with Gasteiger partial charge in [-0.05, 0) is 42.5 Å². The standard InChI is InChI=1S/C19H16N4O3/c24-18(12-22-16-4-1-2-5-17(16)26-13-19(22)25)21-14-6-8-15(9-7-14)23-11-3-10-20-23/h1-11H,12-13H2,(H,21,24). The molecule has 1 N–H and O–H groups in total. The van der Waals surface area contributed by atoms with Crippen LogP contribution in [0.15, 0.2) is 67.0 Å². The highest BCUT2D eigenvalue weighted by Crippen LogP contribution is 2.31. The highest BCUT2D eigenvalue weighted by molar-refractivity contribution is 6.04. The van der Waals surface area contributed by atoms with E-state index in [4.69, 9.17) is 4.74 Å². The monoisotopic (exact) mass is 348 g/mol. The van der Waals surface area contributed by atoms with Crippen LogP contribution in [-0.4, -0.2) is 34.7 Å². The van der Waals surface area contributed by atoms with Crippen LogP contribution in [-0.2, 0) is 9.59 Å². The largest absolute Gasteiger partial charge is 0.482 e. The number of fused-ring (bicyclic) bond motifs is 1. The predicted molar refractivity (Wildman–Crippen MR) is 96.5 cm³/mol. The summed E-state index contributed by atoms with van der Waals surface area (Å²) in [5.74, 6) is 0.0817. The van der Waals surface area contributed by atoms with Gasteiger partial charge in [0.1, 0.15) is 12.3 Å². The Morgan fingerprint density at radius 3 is 2.69 bits per heavy atom. The number of anilines is 2. The highest BCUT2D eigenvalue weighted by Gasteiger charge is 2.26. The van der Waals surface area contributed by atoms with Gasteiger partial charge in [0.15, 0.2) is 6.61 Å². The van der Waals surface area contributed by atoms with Crippen molar-refractivity contribution < 1.29 is 14.3 Å². The minimum absolute atomic E-state index is 0.0666. The third-order valence-electron chi connectivity index (χ3n) is 4.03. The lowest BCUT2D eigenvalue weighted by Gasteiger charge is -2.28. The zero-order chi connectivity index (χ0) is 17.9. The van der Waals surface area contributed by atoms with Gasteiger partial charge in [-0.3, -0.25) is 14.5 Å². The van der Waals surface area contributed by atoms with Crippen molar-refractivity contribution in [3.63, 3.8) is 0 Å².